The van der Waals surface area contributed by atoms with E-state index >= 15 is 0 Å². The summed E-state index contributed by atoms with van der Waals surface area (Å²) in [5, 5.41) is 9.75. The van der Waals surface area contributed by atoms with Crippen LogP contribution in [0.15, 0.2) is 29.2 Å². The van der Waals surface area contributed by atoms with Crippen LogP contribution >= 0.6 is 0 Å². The van der Waals surface area contributed by atoms with Crippen molar-refractivity contribution in [3.05, 3.63) is 45.7 Å². The Hall–Kier alpha value is -2.14. The summed E-state index contributed by atoms with van der Waals surface area (Å²) < 4.78 is 7.50. The van der Waals surface area contributed by atoms with E-state index in [0.29, 0.717) is 11.9 Å². The maximum Gasteiger partial charge on any atom is 0.341 e. The van der Waals surface area contributed by atoms with Crippen LogP contribution in [0.5, 0.6) is 0 Å². The van der Waals surface area contributed by atoms with Crippen LogP contribution in [0.2, 0.25) is 0 Å². The van der Waals surface area contributed by atoms with Gasteiger partial charge < -0.3 is 14.4 Å². The summed E-state index contributed by atoms with van der Waals surface area (Å²) in [5.41, 5.74) is 1.25. The predicted molar refractivity (Wildman–Crippen MR) is 102 cm³/mol. The molecule has 1 aromatic heterocycles. The summed E-state index contributed by atoms with van der Waals surface area (Å²) in [6, 6.07) is 5.77. The number of ether oxygens (including phenoxy) is 1. The van der Waals surface area contributed by atoms with Crippen molar-refractivity contribution in [3.63, 3.8) is 0 Å². The molecule has 0 radical (unpaired) electrons. The smallest absolute Gasteiger partial charge is 0.341 e. The van der Waals surface area contributed by atoms with Crippen LogP contribution in [0.3, 0.4) is 0 Å². The maximum absolute atomic E-state index is 12.5. The molecule has 5 nitrogen and oxygen atoms in total. The molecule has 3 rings (SSSR count). The second-order valence-electron chi connectivity index (χ2n) is 7.12. The third-order valence-corrected chi connectivity index (χ3v) is 5.07. The minimum Gasteiger partial charge on any atom is -0.477 e. The number of nitrogens with zero attached hydrogens (tertiary/aromatic N) is 1. The van der Waals surface area contributed by atoms with Crippen molar-refractivity contribution < 1.29 is 14.6 Å². The van der Waals surface area contributed by atoms with Crippen LogP contribution in [0.1, 0.15) is 54.9 Å². The first-order valence-corrected chi connectivity index (χ1v) is 9.57. The van der Waals surface area contributed by atoms with Gasteiger partial charge in [-0.05, 0) is 56.2 Å². The lowest BCUT2D eigenvalue weighted by molar-refractivity contribution is 0.0695. The number of pyridine rings is 1. The highest BCUT2D eigenvalue weighted by Gasteiger charge is 2.20. The van der Waals surface area contributed by atoms with Crippen LogP contribution in [0.25, 0.3) is 10.9 Å². The molecule has 0 bridgehead atoms. The fraction of sp³-hybridized carbons (Fsp3) is 0.524. The molecule has 2 aromatic rings. The number of rotatable bonds is 10. The van der Waals surface area contributed by atoms with E-state index in [1.807, 2.05) is 29.7 Å². The topological polar surface area (TPSA) is 68.5 Å². The third-order valence-electron chi connectivity index (χ3n) is 5.07. The summed E-state index contributed by atoms with van der Waals surface area (Å²) in [4.78, 5) is 23.8. The first-order valence-electron chi connectivity index (χ1n) is 9.57. The minimum atomic E-state index is -1.18. The van der Waals surface area contributed by atoms with Crippen LogP contribution in [0.4, 0.5) is 0 Å². The van der Waals surface area contributed by atoms with E-state index in [-0.39, 0.29) is 5.56 Å². The molecule has 0 unspecified atom stereocenters. The molecule has 26 heavy (non-hydrogen) atoms. The van der Waals surface area contributed by atoms with Gasteiger partial charge in [0, 0.05) is 31.3 Å². The largest absolute Gasteiger partial charge is 0.477 e. The maximum atomic E-state index is 12.5. The van der Waals surface area contributed by atoms with Gasteiger partial charge in [0.25, 0.3) is 0 Å². The Kier molecular flexibility index (Phi) is 6.09. The predicted octanol–water partition coefficient (Wildman–Crippen LogP) is 3.86. The van der Waals surface area contributed by atoms with Gasteiger partial charge in [0.1, 0.15) is 5.56 Å². The molecule has 5 heteroatoms. The number of carboxylic acids is 1. The molecule has 1 N–H and O–H groups in total. The standard InChI is InChI=1S/C21H27NO4/c1-2-22-14-18(21(24)25)20(23)17-13-16(9-10-19(17)22)6-4-12-26-11-3-5-15-7-8-15/h9-10,13-15H,2-8,11-12H2,1H3,(H,24,25). The Balaban J connectivity index is 1.62. The molecule has 0 aliphatic heterocycles. The van der Waals surface area contributed by atoms with Crippen molar-refractivity contribution in [1.29, 1.82) is 0 Å². The van der Waals surface area contributed by atoms with Gasteiger partial charge in [0.15, 0.2) is 0 Å². The van der Waals surface area contributed by atoms with Crippen molar-refractivity contribution >= 4 is 16.9 Å². The molecule has 1 aliphatic rings. The highest BCUT2D eigenvalue weighted by molar-refractivity contribution is 5.92. The van der Waals surface area contributed by atoms with Gasteiger partial charge in [0.2, 0.25) is 5.43 Å². The molecule has 1 aromatic carbocycles. The summed E-state index contributed by atoms with van der Waals surface area (Å²) in [6.45, 7) is 4.10. The number of aromatic nitrogens is 1. The number of carbonyl (C=O) groups is 1. The Labute approximate surface area is 153 Å². The number of hydrogen-bond donors (Lipinski definition) is 1. The summed E-state index contributed by atoms with van der Waals surface area (Å²) >= 11 is 0. The van der Waals surface area contributed by atoms with E-state index < -0.39 is 11.4 Å². The number of hydrogen-bond acceptors (Lipinski definition) is 3. The quantitative estimate of drug-likeness (QED) is 0.656. The molecule has 1 fully saturated rings. The molecule has 1 aliphatic carbocycles. The monoisotopic (exact) mass is 357 g/mol. The molecule has 1 saturated carbocycles. The van der Waals surface area contributed by atoms with E-state index in [2.05, 4.69) is 0 Å². The van der Waals surface area contributed by atoms with E-state index in [1.165, 1.54) is 25.5 Å². The van der Waals surface area contributed by atoms with Crippen molar-refractivity contribution in [2.75, 3.05) is 13.2 Å². The highest BCUT2D eigenvalue weighted by atomic mass is 16.5. The van der Waals surface area contributed by atoms with Crippen LogP contribution < -0.4 is 5.43 Å². The van der Waals surface area contributed by atoms with Crippen LogP contribution in [-0.4, -0.2) is 28.9 Å². The average molecular weight is 357 g/mol. The molecule has 0 saturated heterocycles. The number of fused-ring (bicyclic) bond motifs is 1. The zero-order valence-corrected chi connectivity index (χ0v) is 15.4. The first-order chi connectivity index (χ1) is 12.6. The fourth-order valence-electron chi connectivity index (χ4n) is 3.38. The highest BCUT2D eigenvalue weighted by Crippen LogP contribution is 2.33. The molecule has 1 heterocycles. The third kappa shape index (κ3) is 4.52. The van der Waals surface area contributed by atoms with Crippen molar-refractivity contribution in [2.45, 2.75) is 52.0 Å². The van der Waals surface area contributed by atoms with Gasteiger partial charge in [-0.3, -0.25) is 4.79 Å². The van der Waals surface area contributed by atoms with Gasteiger partial charge in [-0.25, -0.2) is 4.79 Å². The molecular weight excluding hydrogens is 330 g/mol. The van der Waals surface area contributed by atoms with Crippen molar-refractivity contribution in [3.8, 4) is 0 Å². The fourth-order valence-corrected chi connectivity index (χ4v) is 3.38. The van der Waals surface area contributed by atoms with Gasteiger partial charge in [0.05, 0.1) is 5.52 Å². The lowest BCUT2D eigenvalue weighted by Crippen LogP contribution is -2.18. The zero-order chi connectivity index (χ0) is 18.5. The number of benzene rings is 1. The van der Waals surface area contributed by atoms with E-state index in [1.54, 1.807) is 0 Å². The lowest BCUT2D eigenvalue weighted by Gasteiger charge is -2.11. The number of aromatic carboxylic acids is 1. The van der Waals surface area contributed by atoms with Gasteiger partial charge in [-0.2, -0.15) is 0 Å². The molecule has 0 amide bonds. The number of aryl methyl sites for hydroxylation is 2. The van der Waals surface area contributed by atoms with Crippen molar-refractivity contribution in [1.82, 2.24) is 4.57 Å². The van der Waals surface area contributed by atoms with Crippen LogP contribution in [-0.2, 0) is 17.7 Å². The Morgan fingerprint density at radius 1 is 1.27 bits per heavy atom. The van der Waals surface area contributed by atoms with E-state index in [0.717, 1.165) is 49.5 Å². The van der Waals surface area contributed by atoms with E-state index in [9.17, 15) is 14.7 Å². The number of carboxylic acid groups (broad SMARTS) is 1. The second-order valence-corrected chi connectivity index (χ2v) is 7.12. The summed E-state index contributed by atoms with van der Waals surface area (Å²) in [7, 11) is 0. The summed E-state index contributed by atoms with van der Waals surface area (Å²) in [5.74, 6) is -0.219. The van der Waals surface area contributed by atoms with Gasteiger partial charge in [-0.1, -0.05) is 18.9 Å². The zero-order valence-electron chi connectivity index (χ0n) is 15.4. The summed E-state index contributed by atoms with van der Waals surface area (Å²) in [6.07, 6.45) is 8.38. The first kappa shape index (κ1) is 18.6. The van der Waals surface area contributed by atoms with Gasteiger partial charge in [-0.15, -0.1) is 0 Å². The second kappa shape index (κ2) is 8.49. The van der Waals surface area contributed by atoms with Gasteiger partial charge >= 0.3 is 5.97 Å². The normalized spacial score (nSPS) is 14.0. The lowest BCUT2D eigenvalue weighted by atomic mass is 10.0. The van der Waals surface area contributed by atoms with Crippen molar-refractivity contribution in [2.24, 2.45) is 5.92 Å². The van der Waals surface area contributed by atoms with E-state index in [4.69, 9.17) is 4.74 Å². The Morgan fingerprint density at radius 2 is 2.04 bits per heavy atom. The Bertz CT molecular complexity index is 836. The average Bonchev–Trinajstić information content (AvgIpc) is 3.45. The van der Waals surface area contributed by atoms with Crippen LogP contribution in [0, 0.1) is 5.92 Å². The Morgan fingerprint density at radius 3 is 2.73 bits per heavy atom. The molecule has 0 atom stereocenters. The SMILES string of the molecule is CCn1cc(C(=O)O)c(=O)c2cc(CCCOCCCC3CC3)ccc21. The molecular formula is C21H27NO4. The molecule has 140 valence electrons. The minimum absolute atomic E-state index is 0.171. The molecule has 0 spiro atoms.